The summed E-state index contributed by atoms with van der Waals surface area (Å²) in [6.45, 7) is 16.4. The van der Waals surface area contributed by atoms with Crippen molar-refractivity contribution in [2.24, 2.45) is 46.3 Å². The monoisotopic (exact) mass is 753 g/mol. The van der Waals surface area contributed by atoms with Gasteiger partial charge in [-0.25, -0.2) is 0 Å². The molecule has 54 heavy (non-hydrogen) atoms. The van der Waals surface area contributed by atoms with Crippen LogP contribution in [-0.4, -0.2) is 110 Å². The minimum Gasteiger partial charge on any atom is -0.500 e. The maximum atomic E-state index is 14.3. The van der Waals surface area contributed by atoms with E-state index in [9.17, 15) is 19.8 Å². The molecule has 11 heteroatoms. The van der Waals surface area contributed by atoms with Crippen LogP contribution in [0, 0.1) is 46.3 Å². The van der Waals surface area contributed by atoms with E-state index in [4.69, 9.17) is 14.3 Å². The number of allylic oxidation sites excluding steroid dienone is 3. The highest BCUT2D eigenvalue weighted by atomic mass is 16.7. The first-order valence-electron chi connectivity index (χ1n) is 20.4. The number of ether oxygens (including phenoxy) is 2. The van der Waals surface area contributed by atoms with Gasteiger partial charge in [0.05, 0.1) is 38.5 Å². The lowest BCUT2D eigenvalue weighted by atomic mass is 9.45. The number of rotatable bonds is 13. The number of carbonyl (C=O) groups excluding carboxylic acids is 2. The van der Waals surface area contributed by atoms with Gasteiger partial charge in [-0.05, 0) is 93.2 Å². The zero-order valence-electron chi connectivity index (χ0n) is 34.5. The van der Waals surface area contributed by atoms with Gasteiger partial charge in [-0.2, -0.15) is 5.06 Å². The smallest absolute Gasteiger partial charge is 0.254 e. The molecular weight excluding hydrogens is 684 g/mol. The number of nitrogens with one attached hydrogen (secondary N) is 2. The van der Waals surface area contributed by atoms with Crippen molar-refractivity contribution in [1.29, 1.82) is 0 Å². The third-order valence-corrected chi connectivity index (χ3v) is 13.6. The summed E-state index contributed by atoms with van der Waals surface area (Å²) in [5.41, 5.74) is 2.99. The first-order chi connectivity index (χ1) is 25.4. The molecule has 0 radical (unpaired) electrons. The maximum absolute atomic E-state index is 14.3. The van der Waals surface area contributed by atoms with Crippen molar-refractivity contribution in [2.45, 2.75) is 117 Å². The van der Waals surface area contributed by atoms with E-state index in [-0.39, 0.29) is 54.3 Å². The zero-order chi connectivity index (χ0) is 39.3. The number of aliphatic hydroxyl groups is 2. The van der Waals surface area contributed by atoms with Crippen LogP contribution in [0.4, 0.5) is 0 Å². The number of hydrogen-bond donors (Lipinski definition) is 4. The van der Waals surface area contributed by atoms with Crippen molar-refractivity contribution in [3.63, 3.8) is 0 Å². The molecule has 7 aliphatic rings. The molecule has 3 saturated carbocycles. The van der Waals surface area contributed by atoms with Gasteiger partial charge in [0.25, 0.3) is 5.91 Å². The van der Waals surface area contributed by atoms with E-state index in [2.05, 4.69) is 69.2 Å². The van der Waals surface area contributed by atoms with Crippen LogP contribution in [0.2, 0.25) is 0 Å². The Morgan fingerprint density at radius 1 is 1.20 bits per heavy atom. The highest BCUT2D eigenvalue weighted by molar-refractivity contribution is 5.98. The Morgan fingerprint density at radius 2 is 1.94 bits per heavy atom. The zero-order valence-corrected chi connectivity index (χ0v) is 34.5. The quantitative estimate of drug-likeness (QED) is 0.211. The fraction of sp³-hybridized carbons (Fsp3) is 0.767. The first-order valence-corrected chi connectivity index (χ1v) is 20.4. The normalized spacial score (nSPS) is 34.5. The number of carbonyl (C=O) groups is 2. The molecule has 0 aromatic rings. The summed E-state index contributed by atoms with van der Waals surface area (Å²) >= 11 is 0. The van der Waals surface area contributed by atoms with Crippen LogP contribution in [0.1, 0.15) is 87.0 Å². The van der Waals surface area contributed by atoms with Crippen LogP contribution in [0.5, 0.6) is 0 Å². The molecule has 4 fully saturated rings. The van der Waals surface area contributed by atoms with Crippen molar-refractivity contribution in [3.05, 3.63) is 46.5 Å². The van der Waals surface area contributed by atoms with E-state index in [0.717, 1.165) is 55.7 Å². The lowest BCUT2D eigenvalue weighted by Gasteiger charge is -2.62. The molecule has 4 N–H and O–H groups in total. The van der Waals surface area contributed by atoms with Gasteiger partial charge in [0.1, 0.15) is 23.7 Å². The summed E-state index contributed by atoms with van der Waals surface area (Å²) in [6, 6.07) is -0.756. The Labute approximate surface area is 323 Å². The predicted octanol–water partition coefficient (Wildman–Crippen LogP) is 4.73. The lowest BCUT2D eigenvalue weighted by Crippen LogP contribution is -2.62. The minimum atomic E-state index is -0.877. The summed E-state index contributed by atoms with van der Waals surface area (Å²) in [5.74, 6) is 2.09. The molecule has 2 amide bonds. The number of amides is 2. The van der Waals surface area contributed by atoms with Gasteiger partial charge < -0.3 is 35.2 Å². The van der Waals surface area contributed by atoms with E-state index in [1.165, 1.54) is 12.0 Å². The molecule has 0 aromatic carbocycles. The van der Waals surface area contributed by atoms with E-state index in [1.54, 1.807) is 19.1 Å². The van der Waals surface area contributed by atoms with E-state index < -0.39 is 24.2 Å². The fourth-order valence-corrected chi connectivity index (χ4v) is 10.8. The first kappa shape index (κ1) is 40.9. The Hall–Kier alpha value is -2.70. The molecule has 2 bridgehead atoms. The summed E-state index contributed by atoms with van der Waals surface area (Å²) in [7, 11) is 5.74. The average Bonchev–Trinajstić information content (AvgIpc) is 3.72. The number of aliphatic hydroxyl groups excluding tert-OH is 2. The summed E-state index contributed by atoms with van der Waals surface area (Å²) in [6.07, 6.45) is 9.97. The molecular formula is C43H68N4O7. The van der Waals surface area contributed by atoms with Crippen molar-refractivity contribution < 1.29 is 34.1 Å². The molecule has 2 aliphatic heterocycles. The fourth-order valence-electron chi connectivity index (χ4n) is 10.8. The van der Waals surface area contributed by atoms with Crippen molar-refractivity contribution in [2.75, 3.05) is 47.5 Å². The molecule has 7 rings (SSSR count). The minimum absolute atomic E-state index is 0.00603. The van der Waals surface area contributed by atoms with Crippen LogP contribution in [-0.2, 0) is 23.9 Å². The Balaban J connectivity index is 1.24. The summed E-state index contributed by atoms with van der Waals surface area (Å²) < 4.78 is 12.3. The molecule has 0 spiro atoms. The van der Waals surface area contributed by atoms with Crippen LogP contribution >= 0.6 is 0 Å². The van der Waals surface area contributed by atoms with Gasteiger partial charge in [0.15, 0.2) is 0 Å². The molecule has 2 heterocycles. The van der Waals surface area contributed by atoms with Gasteiger partial charge in [0, 0.05) is 42.5 Å². The molecule has 11 atom stereocenters. The summed E-state index contributed by atoms with van der Waals surface area (Å²) in [4.78, 5) is 36.8. The molecule has 5 aliphatic carbocycles. The van der Waals surface area contributed by atoms with E-state index in [1.807, 2.05) is 20.2 Å². The number of nitrogens with zero attached hydrogens (tertiary/aromatic N) is 2. The number of fused-ring (bicyclic) bond motifs is 2. The highest BCUT2D eigenvalue weighted by Gasteiger charge is 2.57. The van der Waals surface area contributed by atoms with E-state index >= 15 is 0 Å². The van der Waals surface area contributed by atoms with Crippen LogP contribution < -0.4 is 10.6 Å². The maximum Gasteiger partial charge on any atom is 0.254 e. The van der Waals surface area contributed by atoms with E-state index in [0.29, 0.717) is 35.3 Å². The molecule has 11 nitrogen and oxygen atoms in total. The van der Waals surface area contributed by atoms with Crippen molar-refractivity contribution >= 4 is 11.8 Å². The second-order valence-electron chi connectivity index (χ2n) is 19.2. The van der Waals surface area contributed by atoms with Crippen LogP contribution in [0.25, 0.3) is 0 Å². The third kappa shape index (κ3) is 8.22. The molecule has 0 aromatic heterocycles. The SMILES string of the molecule is COC1=C(CN2O[C@@H](CO)[C@@H]([C@H](C)O)[C@H]2C(=O)N[C@H]2C[C@@H]3C[C@@H]([C@@H]2C)C3(C)C)C=CCC1C1C=C(C(=O)N[C@H](CN(C)C)CC(C)(C)C)C2=C(CCO2)C1. The van der Waals surface area contributed by atoms with Gasteiger partial charge in [-0.3, -0.25) is 14.4 Å². The molecule has 2 unspecified atom stereocenters. The van der Waals surface area contributed by atoms with Crippen LogP contribution in [0.3, 0.4) is 0 Å². The van der Waals surface area contributed by atoms with Crippen molar-refractivity contribution in [1.82, 2.24) is 20.6 Å². The average molecular weight is 753 g/mol. The Morgan fingerprint density at radius 3 is 2.56 bits per heavy atom. The van der Waals surface area contributed by atoms with Gasteiger partial charge in [0.2, 0.25) is 5.91 Å². The van der Waals surface area contributed by atoms with Crippen LogP contribution in [0.15, 0.2) is 46.5 Å². The largest absolute Gasteiger partial charge is 0.500 e. The van der Waals surface area contributed by atoms with Gasteiger partial charge in [-0.15, -0.1) is 0 Å². The second kappa shape index (κ2) is 16.0. The second-order valence-corrected chi connectivity index (χ2v) is 19.2. The van der Waals surface area contributed by atoms with Crippen molar-refractivity contribution in [3.8, 4) is 0 Å². The molecule has 302 valence electrons. The summed E-state index contributed by atoms with van der Waals surface area (Å²) in [5, 5.41) is 29.7. The standard InChI is InChI=1S/C43H68N4O7/c1-24-33-18-29(43(33,6)7)19-34(24)45-41(51)37-36(25(2)49)35(23-48)54-47(37)21-27-12-11-13-31(38(27)52-10)28-16-26-14-15-53-39(26)32(17-28)40(50)44-30(22-46(8)9)20-42(3,4)5/h11-12,17,24-25,28-31,33-37,48-49H,13-16,18-23H2,1-10H3,(H,44,50)(H,45,51)/t24-,25-,28?,29-,30-,31?,33-,34-,35-,36+,37-/m0/s1. The number of hydroxylamine groups is 2. The Kier molecular flexibility index (Phi) is 12.2. The highest BCUT2D eigenvalue weighted by Crippen LogP contribution is 2.61. The topological polar surface area (TPSA) is 133 Å². The van der Waals surface area contributed by atoms with Gasteiger partial charge >= 0.3 is 0 Å². The third-order valence-electron chi connectivity index (χ3n) is 13.6. The molecule has 1 saturated heterocycles. The predicted molar refractivity (Wildman–Crippen MR) is 208 cm³/mol. The number of likely N-dealkylation sites (N-methyl/N-ethyl adjacent to an activating group) is 1. The number of hydrogen-bond acceptors (Lipinski definition) is 9. The Bertz CT molecular complexity index is 1540. The van der Waals surface area contributed by atoms with Gasteiger partial charge in [-0.1, -0.05) is 59.8 Å². The number of methoxy groups -OCH3 is 1. The lowest BCUT2D eigenvalue weighted by molar-refractivity contribution is -0.173.